The normalized spacial score (nSPS) is 14.5. The molecule has 2 amide bonds. The van der Waals surface area contributed by atoms with Crippen LogP contribution >= 0.6 is 0 Å². The van der Waals surface area contributed by atoms with Gasteiger partial charge in [-0.3, -0.25) is 13.9 Å². The van der Waals surface area contributed by atoms with E-state index >= 15 is 0 Å². The molecule has 1 fully saturated rings. The van der Waals surface area contributed by atoms with Gasteiger partial charge in [-0.2, -0.15) is 0 Å². The van der Waals surface area contributed by atoms with Crippen LogP contribution in [0.25, 0.3) is 0 Å². The first-order valence-electron chi connectivity index (χ1n) is 13.4. The van der Waals surface area contributed by atoms with Crippen LogP contribution in [0.3, 0.4) is 0 Å². The number of sulfonamides is 1. The lowest BCUT2D eigenvalue weighted by Crippen LogP contribution is -2.53. The summed E-state index contributed by atoms with van der Waals surface area (Å²) >= 11 is 0. The number of amides is 2. The fourth-order valence-corrected chi connectivity index (χ4v) is 6.40. The largest absolute Gasteiger partial charge is 0.352 e. The molecule has 3 aromatic carbocycles. The van der Waals surface area contributed by atoms with Crippen molar-refractivity contribution in [1.29, 1.82) is 0 Å². The molecule has 0 radical (unpaired) electrons. The van der Waals surface area contributed by atoms with Gasteiger partial charge < -0.3 is 10.2 Å². The lowest BCUT2D eigenvalue weighted by atomic mass is 10.1. The Morgan fingerprint density at radius 2 is 1.55 bits per heavy atom. The van der Waals surface area contributed by atoms with E-state index < -0.39 is 40.2 Å². The van der Waals surface area contributed by atoms with Crippen LogP contribution in [0.2, 0.25) is 0 Å². The number of benzene rings is 3. The Kier molecular flexibility index (Phi) is 9.52. The zero-order chi connectivity index (χ0) is 28.7. The standard InChI is InChI=1S/C30H33F2N3O4S/c1-2-27(30(37)33-24-10-6-7-11-24)34(20-22-16-18-23(31)19-17-22)29(36)21-35(28-15-9-8-14-26(28)32)40(38,39)25-12-4-3-5-13-25/h3-5,8-9,12-19,24,27H,2,6-7,10-11,20-21H2,1H3,(H,33,37)/t27-/m1/s1. The molecule has 1 atom stereocenters. The molecule has 1 N–H and O–H groups in total. The maximum absolute atomic E-state index is 15.0. The maximum atomic E-state index is 15.0. The molecule has 0 bridgehead atoms. The molecule has 1 aliphatic rings. The van der Waals surface area contributed by atoms with Crippen LogP contribution in [0.4, 0.5) is 14.5 Å². The van der Waals surface area contributed by atoms with E-state index in [0.29, 0.717) is 5.56 Å². The van der Waals surface area contributed by atoms with Crippen LogP contribution in [0, 0.1) is 11.6 Å². The number of nitrogens with zero attached hydrogens (tertiary/aromatic N) is 2. The summed E-state index contributed by atoms with van der Waals surface area (Å²) in [6.45, 7) is 0.956. The van der Waals surface area contributed by atoms with Gasteiger partial charge in [0.2, 0.25) is 11.8 Å². The Bertz CT molecular complexity index is 1410. The smallest absolute Gasteiger partial charge is 0.264 e. The van der Waals surface area contributed by atoms with E-state index in [1.165, 1.54) is 71.6 Å². The van der Waals surface area contributed by atoms with Crippen LogP contribution in [0.1, 0.15) is 44.6 Å². The number of carbonyl (C=O) groups excluding carboxylic acids is 2. The second-order valence-corrected chi connectivity index (χ2v) is 11.7. The Labute approximate surface area is 233 Å². The topological polar surface area (TPSA) is 86.8 Å². The van der Waals surface area contributed by atoms with Gasteiger partial charge in [0.05, 0.1) is 10.6 Å². The first-order valence-corrected chi connectivity index (χ1v) is 14.8. The molecular weight excluding hydrogens is 536 g/mol. The van der Waals surface area contributed by atoms with Crippen molar-refractivity contribution in [3.63, 3.8) is 0 Å². The highest BCUT2D eigenvalue weighted by atomic mass is 32.2. The average Bonchev–Trinajstić information content (AvgIpc) is 3.46. The summed E-state index contributed by atoms with van der Waals surface area (Å²) in [5, 5.41) is 3.03. The van der Waals surface area contributed by atoms with Crippen molar-refractivity contribution in [2.45, 2.75) is 62.6 Å². The summed E-state index contributed by atoms with van der Waals surface area (Å²) in [4.78, 5) is 28.6. The summed E-state index contributed by atoms with van der Waals surface area (Å²) in [7, 11) is -4.36. The fourth-order valence-electron chi connectivity index (χ4n) is 4.96. The maximum Gasteiger partial charge on any atom is 0.264 e. The number of rotatable bonds is 11. The number of hydrogen-bond acceptors (Lipinski definition) is 4. The van der Waals surface area contributed by atoms with Crippen molar-refractivity contribution in [2.75, 3.05) is 10.8 Å². The minimum absolute atomic E-state index is 0.0118. The van der Waals surface area contributed by atoms with Crippen molar-refractivity contribution >= 4 is 27.5 Å². The molecule has 0 saturated heterocycles. The average molecular weight is 570 g/mol. The van der Waals surface area contributed by atoms with Gasteiger partial charge in [0.15, 0.2) is 0 Å². The van der Waals surface area contributed by atoms with Gasteiger partial charge in [-0.25, -0.2) is 17.2 Å². The number of nitrogens with one attached hydrogen (secondary N) is 1. The van der Waals surface area contributed by atoms with Gasteiger partial charge in [0.25, 0.3) is 10.0 Å². The molecule has 212 valence electrons. The summed E-state index contributed by atoms with van der Waals surface area (Å²) in [5.41, 5.74) is 0.273. The minimum Gasteiger partial charge on any atom is -0.352 e. The Hall–Kier alpha value is -3.79. The highest BCUT2D eigenvalue weighted by Gasteiger charge is 2.35. The van der Waals surface area contributed by atoms with Crippen LogP contribution in [0.15, 0.2) is 83.8 Å². The molecule has 0 aliphatic heterocycles. The van der Waals surface area contributed by atoms with E-state index in [-0.39, 0.29) is 35.5 Å². The van der Waals surface area contributed by atoms with Crippen molar-refractivity contribution < 1.29 is 26.8 Å². The van der Waals surface area contributed by atoms with Crippen LogP contribution < -0.4 is 9.62 Å². The molecule has 3 aromatic rings. The molecule has 1 aliphatic carbocycles. The van der Waals surface area contributed by atoms with Crippen LogP contribution in [-0.4, -0.2) is 43.8 Å². The van der Waals surface area contributed by atoms with Crippen molar-refractivity contribution in [3.8, 4) is 0 Å². The van der Waals surface area contributed by atoms with E-state index in [9.17, 15) is 26.8 Å². The van der Waals surface area contributed by atoms with Gasteiger partial charge in [-0.15, -0.1) is 0 Å². The van der Waals surface area contributed by atoms with E-state index in [1.54, 1.807) is 13.0 Å². The van der Waals surface area contributed by atoms with Crippen LogP contribution in [-0.2, 0) is 26.2 Å². The van der Waals surface area contributed by atoms with E-state index in [0.717, 1.165) is 36.1 Å². The number of carbonyl (C=O) groups is 2. The van der Waals surface area contributed by atoms with Crippen molar-refractivity contribution in [1.82, 2.24) is 10.2 Å². The van der Waals surface area contributed by atoms with Gasteiger partial charge in [0.1, 0.15) is 24.2 Å². The lowest BCUT2D eigenvalue weighted by Gasteiger charge is -2.33. The SMILES string of the molecule is CC[C@H](C(=O)NC1CCCC1)N(Cc1ccc(F)cc1)C(=O)CN(c1ccccc1F)S(=O)(=O)c1ccccc1. The fraction of sp³-hybridized carbons (Fsp3) is 0.333. The summed E-state index contributed by atoms with van der Waals surface area (Å²) < 4.78 is 56.7. The second-order valence-electron chi connectivity index (χ2n) is 9.84. The summed E-state index contributed by atoms with van der Waals surface area (Å²) in [6.07, 6.45) is 3.98. The number of hydrogen-bond donors (Lipinski definition) is 1. The summed E-state index contributed by atoms with van der Waals surface area (Å²) in [5.74, 6) is -2.30. The zero-order valence-corrected chi connectivity index (χ0v) is 23.1. The van der Waals surface area contributed by atoms with E-state index in [1.807, 2.05) is 0 Å². The monoisotopic (exact) mass is 569 g/mol. The molecule has 10 heteroatoms. The van der Waals surface area contributed by atoms with Gasteiger partial charge in [0, 0.05) is 12.6 Å². The van der Waals surface area contributed by atoms with Gasteiger partial charge in [-0.1, -0.05) is 62.2 Å². The molecule has 1 saturated carbocycles. The Balaban J connectivity index is 1.71. The lowest BCUT2D eigenvalue weighted by molar-refractivity contribution is -0.140. The Morgan fingerprint density at radius 1 is 0.925 bits per heavy atom. The van der Waals surface area contributed by atoms with E-state index in [4.69, 9.17) is 0 Å². The first-order chi connectivity index (χ1) is 19.2. The number of anilines is 1. The predicted molar refractivity (Wildman–Crippen MR) is 149 cm³/mol. The summed E-state index contributed by atoms with van der Waals surface area (Å²) in [6, 6.07) is 17.4. The molecule has 7 nitrogen and oxygen atoms in total. The predicted octanol–water partition coefficient (Wildman–Crippen LogP) is 5.03. The van der Waals surface area contributed by atoms with Crippen molar-refractivity contribution in [2.24, 2.45) is 0 Å². The second kappa shape index (κ2) is 13.0. The molecule has 4 rings (SSSR count). The third kappa shape index (κ3) is 6.85. The van der Waals surface area contributed by atoms with Crippen molar-refractivity contribution in [3.05, 3.63) is 96.1 Å². The first kappa shape index (κ1) is 29.2. The highest BCUT2D eigenvalue weighted by molar-refractivity contribution is 7.92. The van der Waals surface area contributed by atoms with Gasteiger partial charge >= 0.3 is 0 Å². The highest BCUT2D eigenvalue weighted by Crippen LogP contribution is 2.27. The quantitative estimate of drug-likeness (QED) is 0.351. The third-order valence-electron chi connectivity index (χ3n) is 7.08. The van der Waals surface area contributed by atoms with E-state index in [2.05, 4.69) is 5.32 Å². The minimum atomic E-state index is -4.36. The number of halogens is 2. The van der Waals surface area contributed by atoms with Crippen LogP contribution in [0.5, 0.6) is 0 Å². The molecule has 0 unspecified atom stereocenters. The zero-order valence-electron chi connectivity index (χ0n) is 22.3. The molecular formula is C30H33F2N3O4S. The Morgan fingerprint density at radius 3 is 2.17 bits per heavy atom. The number of para-hydroxylation sites is 1. The molecule has 0 aromatic heterocycles. The third-order valence-corrected chi connectivity index (χ3v) is 8.86. The molecule has 40 heavy (non-hydrogen) atoms. The molecule has 0 spiro atoms. The van der Waals surface area contributed by atoms with Gasteiger partial charge in [-0.05, 0) is 61.2 Å². The molecule has 0 heterocycles.